The van der Waals surface area contributed by atoms with Gasteiger partial charge < -0.3 is 4.74 Å². The molecule has 0 rings (SSSR count). The Morgan fingerprint density at radius 2 is 1.75 bits per heavy atom. The largest absolute Gasteiger partial charge is 0.462 e. The van der Waals surface area contributed by atoms with Gasteiger partial charge in [-0.05, 0) is 6.42 Å². The van der Waals surface area contributed by atoms with Crippen molar-refractivity contribution in [2.45, 2.75) is 51.9 Å². The lowest BCUT2D eigenvalue weighted by molar-refractivity contribution is -0.138. The van der Waals surface area contributed by atoms with E-state index < -0.39 is 5.97 Å². The number of ether oxygens (including phenoxy) is 1. The highest BCUT2D eigenvalue weighted by molar-refractivity contribution is 5.91. The lowest BCUT2D eigenvalue weighted by Crippen LogP contribution is -2.06. The summed E-state index contributed by atoms with van der Waals surface area (Å²) in [6.07, 6.45) is 8.25. The summed E-state index contributed by atoms with van der Waals surface area (Å²) in [4.78, 5) is 11.0. The molecule has 0 N–H and O–H groups in total. The van der Waals surface area contributed by atoms with E-state index in [2.05, 4.69) is 13.5 Å². The van der Waals surface area contributed by atoms with Crippen molar-refractivity contribution in [3.63, 3.8) is 0 Å². The first-order valence-electron chi connectivity index (χ1n) is 5.98. The van der Waals surface area contributed by atoms with Gasteiger partial charge in [-0.2, -0.15) is 5.26 Å². The van der Waals surface area contributed by atoms with Crippen LogP contribution in [0, 0.1) is 11.3 Å². The molecule has 0 saturated heterocycles. The summed E-state index contributed by atoms with van der Waals surface area (Å²) in [5, 5.41) is 8.38. The molecule has 0 radical (unpaired) electrons. The van der Waals surface area contributed by atoms with E-state index >= 15 is 0 Å². The van der Waals surface area contributed by atoms with E-state index in [-0.39, 0.29) is 5.57 Å². The van der Waals surface area contributed by atoms with Crippen LogP contribution >= 0.6 is 0 Å². The summed E-state index contributed by atoms with van der Waals surface area (Å²) in [6, 6.07) is 1.67. The Morgan fingerprint density at radius 1 is 1.19 bits per heavy atom. The quantitative estimate of drug-likeness (QED) is 0.260. The number of hydrogen-bond acceptors (Lipinski definition) is 3. The molecule has 0 spiro atoms. The second-order valence-corrected chi connectivity index (χ2v) is 3.85. The van der Waals surface area contributed by atoms with Crippen LogP contribution in [0.25, 0.3) is 0 Å². The predicted octanol–water partition coefficient (Wildman–Crippen LogP) is 3.36. The topological polar surface area (TPSA) is 50.1 Å². The minimum atomic E-state index is -0.589. The van der Waals surface area contributed by atoms with Gasteiger partial charge in [0.15, 0.2) is 0 Å². The molecule has 16 heavy (non-hydrogen) atoms. The average molecular weight is 223 g/mol. The van der Waals surface area contributed by atoms with Gasteiger partial charge in [-0.3, -0.25) is 0 Å². The fraction of sp³-hybridized carbons (Fsp3) is 0.692. The van der Waals surface area contributed by atoms with Crippen molar-refractivity contribution in [3.05, 3.63) is 12.2 Å². The lowest BCUT2D eigenvalue weighted by atomic mass is 10.1. The summed E-state index contributed by atoms with van der Waals surface area (Å²) < 4.78 is 4.86. The van der Waals surface area contributed by atoms with Crippen LogP contribution in [-0.4, -0.2) is 12.6 Å². The molecule has 0 aliphatic rings. The third-order valence-electron chi connectivity index (χ3n) is 2.36. The number of rotatable bonds is 9. The maximum Gasteiger partial charge on any atom is 0.348 e. The van der Waals surface area contributed by atoms with Gasteiger partial charge in [0.2, 0.25) is 0 Å². The standard InChI is InChI=1S/C13H21NO2/c1-3-4-5-6-7-8-9-10-16-13(15)12(2)11-14/h2-10H2,1H3. The zero-order valence-electron chi connectivity index (χ0n) is 10.1. The Hall–Kier alpha value is -1.30. The van der Waals surface area contributed by atoms with Crippen LogP contribution in [0.15, 0.2) is 12.2 Å². The Balaban J connectivity index is 3.25. The fourth-order valence-corrected chi connectivity index (χ4v) is 1.36. The molecule has 0 fully saturated rings. The van der Waals surface area contributed by atoms with Gasteiger partial charge in [0.05, 0.1) is 6.61 Å². The lowest BCUT2D eigenvalue weighted by Gasteiger charge is -2.03. The molecular formula is C13H21NO2. The van der Waals surface area contributed by atoms with Gasteiger partial charge >= 0.3 is 5.97 Å². The zero-order chi connectivity index (χ0) is 12.2. The van der Waals surface area contributed by atoms with E-state index in [1.807, 2.05) is 0 Å². The molecule has 0 heterocycles. The normalized spacial score (nSPS) is 9.50. The second-order valence-electron chi connectivity index (χ2n) is 3.85. The van der Waals surface area contributed by atoms with Crippen LogP contribution < -0.4 is 0 Å². The minimum absolute atomic E-state index is 0.122. The monoisotopic (exact) mass is 223 g/mol. The molecule has 3 nitrogen and oxygen atoms in total. The first-order valence-corrected chi connectivity index (χ1v) is 5.98. The Morgan fingerprint density at radius 3 is 2.31 bits per heavy atom. The smallest absolute Gasteiger partial charge is 0.348 e. The molecule has 0 bridgehead atoms. The number of nitriles is 1. The van der Waals surface area contributed by atoms with E-state index in [9.17, 15) is 4.79 Å². The SMILES string of the molecule is C=C(C#N)C(=O)OCCCCCCCCC. The number of hydrogen-bond donors (Lipinski definition) is 0. The number of nitrogens with zero attached hydrogens (tertiary/aromatic N) is 1. The average Bonchev–Trinajstić information content (AvgIpc) is 2.31. The van der Waals surface area contributed by atoms with E-state index in [0.29, 0.717) is 6.61 Å². The molecule has 0 aliphatic heterocycles. The molecule has 0 amide bonds. The minimum Gasteiger partial charge on any atom is -0.462 e. The highest BCUT2D eigenvalue weighted by Gasteiger charge is 2.05. The summed E-state index contributed by atoms with van der Waals surface area (Å²) in [5.74, 6) is -0.589. The van der Waals surface area contributed by atoms with Crippen LogP contribution in [0.1, 0.15) is 51.9 Å². The molecule has 0 aromatic heterocycles. The Kier molecular flexibility index (Phi) is 9.39. The van der Waals surface area contributed by atoms with Gasteiger partial charge in [0.1, 0.15) is 11.6 Å². The Labute approximate surface area is 98.1 Å². The van der Waals surface area contributed by atoms with Gasteiger partial charge in [-0.1, -0.05) is 52.0 Å². The zero-order valence-corrected chi connectivity index (χ0v) is 10.1. The van der Waals surface area contributed by atoms with E-state index in [4.69, 9.17) is 10.00 Å². The molecule has 3 heteroatoms. The molecule has 0 unspecified atom stereocenters. The Bertz CT molecular complexity index is 253. The van der Waals surface area contributed by atoms with E-state index in [1.54, 1.807) is 6.07 Å². The maximum absolute atomic E-state index is 11.0. The fourth-order valence-electron chi connectivity index (χ4n) is 1.36. The number of esters is 1. The van der Waals surface area contributed by atoms with Crippen molar-refractivity contribution < 1.29 is 9.53 Å². The van der Waals surface area contributed by atoms with Crippen molar-refractivity contribution >= 4 is 5.97 Å². The summed E-state index contributed by atoms with van der Waals surface area (Å²) in [5.41, 5.74) is -0.122. The highest BCUT2D eigenvalue weighted by atomic mass is 16.5. The van der Waals surface area contributed by atoms with Gasteiger partial charge in [0.25, 0.3) is 0 Å². The van der Waals surface area contributed by atoms with Crippen LogP contribution in [-0.2, 0) is 9.53 Å². The summed E-state index contributed by atoms with van der Waals surface area (Å²) in [6.45, 7) is 5.88. The molecular weight excluding hydrogens is 202 g/mol. The molecule has 0 saturated carbocycles. The van der Waals surface area contributed by atoms with Crippen LogP contribution in [0.5, 0.6) is 0 Å². The third kappa shape index (κ3) is 8.05. The first-order chi connectivity index (χ1) is 7.72. The predicted molar refractivity (Wildman–Crippen MR) is 63.7 cm³/mol. The number of carbonyl (C=O) groups is 1. The number of unbranched alkanes of at least 4 members (excludes halogenated alkanes) is 6. The molecule has 0 atom stereocenters. The van der Waals surface area contributed by atoms with Crippen molar-refractivity contribution in [2.75, 3.05) is 6.61 Å². The molecule has 0 aliphatic carbocycles. The van der Waals surface area contributed by atoms with Crippen LogP contribution in [0.2, 0.25) is 0 Å². The summed E-state index contributed by atoms with van der Waals surface area (Å²) >= 11 is 0. The third-order valence-corrected chi connectivity index (χ3v) is 2.36. The molecule has 0 aromatic carbocycles. The van der Waals surface area contributed by atoms with Crippen molar-refractivity contribution in [1.29, 1.82) is 5.26 Å². The van der Waals surface area contributed by atoms with Crippen molar-refractivity contribution in [1.82, 2.24) is 0 Å². The second kappa shape index (κ2) is 10.2. The first kappa shape index (κ1) is 14.7. The van der Waals surface area contributed by atoms with E-state index in [1.165, 1.54) is 32.1 Å². The van der Waals surface area contributed by atoms with Crippen LogP contribution in [0.3, 0.4) is 0 Å². The van der Waals surface area contributed by atoms with Gasteiger partial charge in [0, 0.05) is 0 Å². The van der Waals surface area contributed by atoms with Gasteiger partial charge in [-0.15, -0.1) is 0 Å². The highest BCUT2D eigenvalue weighted by Crippen LogP contribution is 2.07. The van der Waals surface area contributed by atoms with E-state index in [0.717, 1.165) is 12.8 Å². The van der Waals surface area contributed by atoms with Gasteiger partial charge in [-0.25, -0.2) is 4.79 Å². The number of carbonyl (C=O) groups excluding carboxylic acids is 1. The van der Waals surface area contributed by atoms with Crippen LogP contribution in [0.4, 0.5) is 0 Å². The molecule has 0 aromatic rings. The van der Waals surface area contributed by atoms with Crippen molar-refractivity contribution in [3.8, 4) is 6.07 Å². The maximum atomic E-state index is 11.0. The van der Waals surface area contributed by atoms with Crippen molar-refractivity contribution in [2.24, 2.45) is 0 Å². The summed E-state index contributed by atoms with van der Waals surface area (Å²) in [7, 11) is 0. The molecule has 90 valence electrons.